The second-order valence-electron chi connectivity index (χ2n) is 6.36. The molecule has 24 heavy (non-hydrogen) atoms. The minimum atomic E-state index is -0.230. The first-order valence-electron chi connectivity index (χ1n) is 8.49. The molecule has 0 unspecified atom stereocenters. The van der Waals surface area contributed by atoms with Crippen LogP contribution < -0.4 is 15.4 Å². The molecule has 1 aliphatic carbocycles. The van der Waals surface area contributed by atoms with Crippen molar-refractivity contribution < 1.29 is 14.3 Å². The normalized spacial score (nSPS) is 14.7. The fourth-order valence-corrected chi connectivity index (χ4v) is 3.13. The SMILES string of the molecule is CC(C)Oc1cc(Br)ccc1C(=O)NCCC(=O)NC1CCCC1. The van der Waals surface area contributed by atoms with Gasteiger partial charge in [0.1, 0.15) is 5.75 Å². The molecule has 0 aliphatic heterocycles. The summed E-state index contributed by atoms with van der Waals surface area (Å²) < 4.78 is 6.55. The number of carbonyl (C=O) groups excluding carboxylic acids is 2. The largest absolute Gasteiger partial charge is 0.490 e. The van der Waals surface area contributed by atoms with Crippen molar-refractivity contribution in [3.8, 4) is 5.75 Å². The molecule has 1 aliphatic rings. The van der Waals surface area contributed by atoms with Crippen LogP contribution >= 0.6 is 15.9 Å². The van der Waals surface area contributed by atoms with Gasteiger partial charge in [-0.3, -0.25) is 9.59 Å². The zero-order valence-electron chi connectivity index (χ0n) is 14.2. The summed E-state index contributed by atoms with van der Waals surface area (Å²) >= 11 is 3.38. The predicted molar refractivity (Wildman–Crippen MR) is 97.3 cm³/mol. The van der Waals surface area contributed by atoms with Crippen molar-refractivity contribution in [3.05, 3.63) is 28.2 Å². The van der Waals surface area contributed by atoms with Gasteiger partial charge in [-0.1, -0.05) is 28.8 Å². The van der Waals surface area contributed by atoms with Crippen LogP contribution in [0.3, 0.4) is 0 Å². The maximum absolute atomic E-state index is 12.3. The highest BCUT2D eigenvalue weighted by Crippen LogP contribution is 2.24. The van der Waals surface area contributed by atoms with Crippen LogP contribution in [-0.2, 0) is 4.79 Å². The van der Waals surface area contributed by atoms with E-state index in [4.69, 9.17) is 4.74 Å². The summed E-state index contributed by atoms with van der Waals surface area (Å²) in [4.78, 5) is 24.2. The van der Waals surface area contributed by atoms with E-state index >= 15 is 0 Å². The Balaban J connectivity index is 1.84. The Kier molecular flexibility index (Phi) is 7.09. The van der Waals surface area contributed by atoms with Crippen LogP contribution in [0, 0.1) is 0 Å². The lowest BCUT2D eigenvalue weighted by atomic mass is 10.2. The van der Waals surface area contributed by atoms with Crippen LogP contribution in [0.1, 0.15) is 56.3 Å². The second-order valence-corrected chi connectivity index (χ2v) is 7.28. The van der Waals surface area contributed by atoms with Crippen LogP contribution in [0.4, 0.5) is 0 Å². The molecule has 0 radical (unpaired) electrons. The Bertz CT molecular complexity index is 584. The number of benzene rings is 1. The molecule has 1 aromatic rings. The Morgan fingerprint density at radius 1 is 1.29 bits per heavy atom. The molecule has 2 N–H and O–H groups in total. The van der Waals surface area contributed by atoms with Gasteiger partial charge in [0, 0.05) is 23.5 Å². The summed E-state index contributed by atoms with van der Waals surface area (Å²) in [7, 11) is 0. The van der Waals surface area contributed by atoms with Gasteiger partial charge < -0.3 is 15.4 Å². The van der Waals surface area contributed by atoms with Crippen LogP contribution in [0.25, 0.3) is 0 Å². The number of rotatable bonds is 7. The van der Waals surface area contributed by atoms with Crippen LogP contribution in [0.2, 0.25) is 0 Å². The first kappa shape index (κ1) is 18.8. The van der Waals surface area contributed by atoms with Gasteiger partial charge in [-0.2, -0.15) is 0 Å². The fraction of sp³-hybridized carbons (Fsp3) is 0.556. The molecule has 2 amide bonds. The minimum Gasteiger partial charge on any atom is -0.490 e. The monoisotopic (exact) mass is 396 g/mol. The number of hydrogen-bond donors (Lipinski definition) is 2. The number of nitrogens with one attached hydrogen (secondary N) is 2. The van der Waals surface area contributed by atoms with Gasteiger partial charge in [0.2, 0.25) is 5.91 Å². The van der Waals surface area contributed by atoms with E-state index in [-0.39, 0.29) is 17.9 Å². The summed E-state index contributed by atoms with van der Waals surface area (Å²) in [6.07, 6.45) is 4.76. The van der Waals surface area contributed by atoms with Gasteiger partial charge in [-0.15, -0.1) is 0 Å². The first-order valence-corrected chi connectivity index (χ1v) is 9.29. The Hall–Kier alpha value is -1.56. The van der Waals surface area contributed by atoms with Gasteiger partial charge in [-0.05, 0) is 44.9 Å². The smallest absolute Gasteiger partial charge is 0.255 e. The molecule has 0 bridgehead atoms. The maximum atomic E-state index is 12.3. The van der Waals surface area contributed by atoms with Crippen LogP contribution in [0.5, 0.6) is 5.75 Å². The summed E-state index contributed by atoms with van der Waals surface area (Å²) in [6.45, 7) is 4.14. The van der Waals surface area contributed by atoms with E-state index in [1.54, 1.807) is 18.2 Å². The standard InChI is InChI=1S/C18H25BrN2O3/c1-12(2)24-16-11-13(19)7-8-15(16)18(23)20-10-9-17(22)21-14-5-3-4-6-14/h7-8,11-12,14H,3-6,9-10H2,1-2H3,(H,20,23)(H,21,22). The lowest BCUT2D eigenvalue weighted by Crippen LogP contribution is -2.35. The van der Waals surface area contributed by atoms with Crippen molar-refractivity contribution in [2.75, 3.05) is 6.54 Å². The van der Waals surface area contributed by atoms with Crippen LogP contribution in [0.15, 0.2) is 22.7 Å². The van der Waals surface area contributed by atoms with E-state index < -0.39 is 0 Å². The summed E-state index contributed by atoms with van der Waals surface area (Å²) in [5.41, 5.74) is 0.475. The Morgan fingerprint density at radius 2 is 2.00 bits per heavy atom. The number of hydrogen-bond acceptors (Lipinski definition) is 3. The lowest BCUT2D eigenvalue weighted by molar-refractivity contribution is -0.121. The molecular weight excluding hydrogens is 372 g/mol. The van der Waals surface area contributed by atoms with Gasteiger partial charge in [-0.25, -0.2) is 0 Å². The maximum Gasteiger partial charge on any atom is 0.255 e. The highest BCUT2D eigenvalue weighted by Gasteiger charge is 2.18. The van der Waals surface area contributed by atoms with Gasteiger partial charge >= 0.3 is 0 Å². The molecule has 6 heteroatoms. The van der Waals surface area contributed by atoms with Crippen molar-refractivity contribution in [1.29, 1.82) is 0 Å². The average Bonchev–Trinajstić information content (AvgIpc) is 2.99. The molecule has 0 spiro atoms. The number of carbonyl (C=O) groups is 2. The highest BCUT2D eigenvalue weighted by molar-refractivity contribution is 9.10. The molecule has 5 nitrogen and oxygen atoms in total. The van der Waals surface area contributed by atoms with E-state index in [0.29, 0.717) is 30.3 Å². The topological polar surface area (TPSA) is 67.4 Å². The Labute approximate surface area is 151 Å². The van der Waals surface area contributed by atoms with E-state index in [2.05, 4.69) is 26.6 Å². The number of amides is 2. The van der Waals surface area contributed by atoms with Gasteiger partial charge in [0.25, 0.3) is 5.91 Å². The molecule has 132 valence electrons. The predicted octanol–water partition coefficient (Wildman–Crippen LogP) is 3.42. The molecule has 0 heterocycles. The molecular formula is C18H25BrN2O3. The quantitative estimate of drug-likeness (QED) is 0.741. The molecule has 1 aromatic carbocycles. The van der Waals surface area contributed by atoms with E-state index in [1.807, 2.05) is 13.8 Å². The third-order valence-corrected chi connectivity index (χ3v) is 4.40. The number of ether oxygens (including phenoxy) is 1. The third-order valence-electron chi connectivity index (χ3n) is 3.91. The van der Waals surface area contributed by atoms with Gasteiger partial charge in [0.05, 0.1) is 11.7 Å². The van der Waals surface area contributed by atoms with Crippen molar-refractivity contribution in [2.24, 2.45) is 0 Å². The van der Waals surface area contributed by atoms with Crippen LogP contribution in [-0.4, -0.2) is 30.5 Å². The summed E-state index contributed by atoms with van der Waals surface area (Å²) in [6, 6.07) is 5.61. The van der Waals surface area contributed by atoms with E-state index in [0.717, 1.165) is 17.3 Å². The van der Waals surface area contributed by atoms with E-state index in [1.165, 1.54) is 12.8 Å². The first-order chi connectivity index (χ1) is 11.5. The molecule has 0 aromatic heterocycles. The molecule has 0 saturated heterocycles. The molecule has 1 fully saturated rings. The van der Waals surface area contributed by atoms with Crippen molar-refractivity contribution >= 4 is 27.7 Å². The third kappa shape index (κ3) is 5.82. The Morgan fingerprint density at radius 3 is 2.67 bits per heavy atom. The second kappa shape index (κ2) is 9.06. The zero-order chi connectivity index (χ0) is 17.5. The van der Waals surface area contributed by atoms with Crippen molar-refractivity contribution in [1.82, 2.24) is 10.6 Å². The lowest BCUT2D eigenvalue weighted by Gasteiger charge is -2.15. The molecule has 0 atom stereocenters. The summed E-state index contributed by atoms with van der Waals surface area (Å²) in [5, 5.41) is 5.81. The van der Waals surface area contributed by atoms with Crippen molar-refractivity contribution in [2.45, 2.75) is 58.1 Å². The molecule has 2 rings (SSSR count). The van der Waals surface area contributed by atoms with E-state index in [9.17, 15) is 9.59 Å². The fourth-order valence-electron chi connectivity index (χ4n) is 2.79. The molecule has 1 saturated carbocycles. The highest BCUT2D eigenvalue weighted by atomic mass is 79.9. The average molecular weight is 397 g/mol. The van der Waals surface area contributed by atoms with Gasteiger partial charge in [0.15, 0.2) is 0 Å². The number of halogens is 1. The zero-order valence-corrected chi connectivity index (χ0v) is 15.8. The minimum absolute atomic E-state index is 0.00309. The summed E-state index contributed by atoms with van der Waals surface area (Å²) in [5.74, 6) is 0.302. The van der Waals surface area contributed by atoms with Crippen molar-refractivity contribution in [3.63, 3.8) is 0 Å².